The summed E-state index contributed by atoms with van der Waals surface area (Å²) in [6.45, 7) is 0.535. The Labute approximate surface area is 216 Å². The van der Waals surface area contributed by atoms with Gasteiger partial charge in [0.05, 0.1) is 5.69 Å². The van der Waals surface area contributed by atoms with Crippen molar-refractivity contribution in [3.63, 3.8) is 0 Å². The maximum atomic E-state index is 13.6. The Kier molecular flexibility index (Phi) is 7.20. The van der Waals surface area contributed by atoms with Crippen LogP contribution in [0.4, 0.5) is 5.69 Å². The fourth-order valence-electron chi connectivity index (χ4n) is 4.23. The molecule has 2 N–H and O–H groups in total. The molecule has 7 nitrogen and oxygen atoms in total. The molecule has 0 spiro atoms. The lowest BCUT2D eigenvalue weighted by Crippen LogP contribution is -2.42. The van der Waals surface area contributed by atoms with Crippen molar-refractivity contribution in [3.05, 3.63) is 126 Å². The molecule has 1 unspecified atom stereocenters. The average Bonchev–Trinajstić information content (AvgIpc) is 2.94. The quantitative estimate of drug-likeness (QED) is 0.357. The third kappa shape index (κ3) is 5.66. The Balaban J connectivity index is 1.31. The smallest absolute Gasteiger partial charge is 0.258 e. The molecule has 1 amide bonds. The molecule has 4 aromatic carbocycles. The fourth-order valence-corrected chi connectivity index (χ4v) is 5.91. The number of hydrogen-bond donors (Lipinski definition) is 2. The van der Waals surface area contributed by atoms with Gasteiger partial charge in [0, 0.05) is 13.1 Å². The lowest BCUT2D eigenvalue weighted by molar-refractivity contribution is -0.123. The van der Waals surface area contributed by atoms with Gasteiger partial charge in [0.1, 0.15) is 16.8 Å². The highest BCUT2D eigenvalue weighted by Gasteiger charge is 2.38. The van der Waals surface area contributed by atoms with Crippen molar-refractivity contribution in [1.82, 2.24) is 9.62 Å². The van der Waals surface area contributed by atoms with Gasteiger partial charge in [-0.2, -0.15) is 4.31 Å². The number of sulfonamides is 1. The maximum absolute atomic E-state index is 13.6. The molecule has 4 aromatic rings. The van der Waals surface area contributed by atoms with Crippen LogP contribution in [0.1, 0.15) is 22.9 Å². The van der Waals surface area contributed by atoms with Crippen molar-refractivity contribution in [2.75, 3.05) is 11.9 Å². The van der Waals surface area contributed by atoms with E-state index in [-0.39, 0.29) is 24.0 Å². The highest BCUT2D eigenvalue weighted by Crippen LogP contribution is 2.39. The molecule has 1 aliphatic heterocycles. The van der Waals surface area contributed by atoms with E-state index >= 15 is 0 Å². The summed E-state index contributed by atoms with van der Waals surface area (Å²) in [6.07, 6.45) is -0.608. The SMILES string of the molecule is O=C(COc1ccc(C2Nc3ccccc3S(=O)(=O)N2Cc2ccccc2)cc1)NCc1ccccc1. The van der Waals surface area contributed by atoms with Gasteiger partial charge in [-0.15, -0.1) is 0 Å². The molecule has 0 saturated carbocycles. The van der Waals surface area contributed by atoms with Gasteiger partial charge in [0.25, 0.3) is 5.91 Å². The van der Waals surface area contributed by atoms with Crippen LogP contribution in [0.25, 0.3) is 0 Å². The normalized spacial score (nSPS) is 16.3. The first-order valence-corrected chi connectivity index (χ1v) is 13.4. The number of rotatable bonds is 8. The third-order valence-corrected chi connectivity index (χ3v) is 8.00. The summed E-state index contributed by atoms with van der Waals surface area (Å²) < 4.78 is 34.4. The zero-order chi connectivity index (χ0) is 25.7. The number of fused-ring (bicyclic) bond motifs is 1. The number of carbonyl (C=O) groups excluding carboxylic acids is 1. The summed E-state index contributed by atoms with van der Waals surface area (Å²) in [5.74, 6) is 0.297. The van der Waals surface area contributed by atoms with Crippen molar-refractivity contribution >= 4 is 21.6 Å². The first kappa shape index (κ1) is 24.5. The van der Waals surface area contributed by atoms with E-state index in [4.69, 9.17) is 4.74 Å². The Morgan fingerprint density at radius 2 is 1.43 bits per heavy atom. The summed E-state index contributed by atoms with van der Waals surface area (Å²) in [5, 5.41) is 6.22. The van der Waals surface area contributed by atoms with Gasteiger partial charge >= 0.3 is 0 Å². The number of nitrogens with one attached hydrogen (secondary N) is 2. The van der Waals surface area contributed by atoms with E-state index in [1.54, 1.807) is 30.3 Å². The van der Waals surface area contributed by atoms with Crippen molar-refractivity contribution in [2.24, 2.45) is 0 Å². The first-order chi connectivity index (χ1) is 18.0. The lowest BCUT2D eigenvalue weighted by atomic mass is 10.1. The van der Waals surface area contributed by atoms with Crippen LogP contribution < -0.4 is 15.4 Å². The van der Waals surface area contributed by atoms with Crippen LogP contribution in [-0.4, -0.2) is 25.2 Å². The van der Waals surface area contributed by atoms with E-state index in [1.165, 1.54) is 4.31 Å². The Morgan fingerprint density at radius 1 is 0.811 bits per heavy atom. The van der Waals surface area contributed by atoms with E-state index in [0.29, 0.717) is 18.0 Å². The molecule has 0 saturated heterocycles. The minimum Gasteiger partial charge on any atom is -0.484 e. The maximum Gasteiger partial charge on any atom is 0.258 e. The highest BCUT2D eigenvalue weighted by atomic mass is 32.2. The molecular formula is C29H27N3O4S. The van der Waals surface area contributed by atoms with Gasteiger partial charge in [0.15, 0.2) is 6.61 Å². The second-order valence-corrected chi connectivity index (χ2v) is 10.6. The zero-order valence-corrected chi connectivity index (χ0v) is 20.9. The predicted octanol–water partition coefficient (Wildman–Crippen LogP) is 4.70. The summed E-state index contributed by atoms with van der Waals surface area (Å²) in [4.78, 5) is 12.4. The third-order valence-electron chi connectivity index (χ3n) is 6.13. The molecule has 0 aromatic heterocycles. The summed E-state index contributed by atoms with van der Waals surface area (Å²) in [5.41, 5.74) is 3.22. The largest absolute Gasteiger partial charge is 0.484 e. The van der Waals surface area contributed by atoms with Gasteiger partial charge in [-0.1, -0.05) is 84.9 Å². The number of carbonyl (C=O) groups is 1. The first-order valence-electron chi connectivity index (χ1n) is 12.0. The number of para-hydroxylation sites is 1. The highest BCUT2D eigenvalue weighted by molar-refractivity contribution is 7.89. The molecule has 5 rings (SSSR count). The van der Waals surface area contributed by atoms with E-state index in [1.807, 2.05) is 78.9 Å². The molecule has 188 valence electrons. The standard InChI is InChI=1S/C29H27N3O4S/c33-28(30-19-22-9-3-1-4-10-22)21-36-25-17-15-24(16-18-25)29-31-26-13-7-8-14-27(26)37(34,35)32(29)20-23-11-5-2-6-12-23/h1-18,29,31H,19-21H2,(H,30,33). The average molecular weight is 514 g/mol. The molecule has 1 atom stereocenters. The fraction of sp³-hybridized carbons (Fsp3) is 0.138. The second kappa shape index (κ2) is 10.9. The molecule has 8 heteroatoms. The van der Waals surface area contributed by atoms with Crippen LogP contribution in [-0.2, 0) is 27.9 Å². The molecule has 0 radical (unpaired) electrons. The van der Waals surface area contributed by atoms with Crippen molar-refractivity contribution in [3.8, 4) is 5.75 Å². The van der Waals surface area contributed by atoms with E-state index in [2.05, 4.69) is 10.6 Å². The van der Waals surface area contributed by atoms with Gasteiger partial charge in [0.2, 0.25) is 10.0 Å². The summed E-state index contributed by atoms with van der Waals surface area (Å²) >= 11 is 0. The van der Waals surface area contributed by atoms with Crippen molar-refractivity contribution in [2.45, 2.75) is 24.2 Å². The molecule has 0 aliphatic carbocycles. The monoisotopic (exact) mass is 513 g/mol. The zero-order valence-electron chi connectivity index (χ0n) is 20.1. The summed E-state index contributed by atoms with van der Waals surface area (Å²) in [6, 6.07) is 33.2. The van der Waals surface area contributed by atoms with Crippen LogP contribution >= 0.6 is 0 Å². The minimum absolute atomic E-state index is 0.115. The molecule has 0 bridgehead atoms. The second-order valence-electron chi connectivity index (χ2n) is 8.70. The van der Waals surface area contributed by atoms with Gasteiger partial charge < -0.3 is 15.4 Å². The lowest BCUT2D eigenvalue weighted by Gasteiger charge is -2.37. The van der Waals surface area contributed by atoms with Crippen LogP contribution in [0.2, 0.25) is 0 Å². The van der Waals surface area contributed by atoms with Crippen LogP contribution in [0.15, 0.2) is 114 Å². The van der Waals surface area contributed by atoms with Crippen molar-refractivity contribution < 1.29 is 17.9 Å². The van der Waals surface area contributed by atoms with Gasteiger partial charge in [-0.3, -0.25) is 4.79 Å². The van der Waals surface area contributed by atoms with E-state index < -0.39 is 16.2 Å². The number of ether oxygens (including phenoxy) is 1. The van der Waals surface area contributed by atoms with E-state index in [0.717, 1.165) is 16.7 Å². The number of benzene rings is 4. The van der Waals surface area contributed by atoms with Crippen LogP contribution in [0.3, 0.4) is 0 Å². The Hall–Kier alpha value is -4.14. The predicted molar refractivity (Wildman–Crippen MR) is 142 cm³/mol. The number of nitrogens with zero attached hydrogens (tertiary/aromatic N) is 1. The van der Waals surface area contributed by atoms with Crippen LogP contribution in [0, 0.1) is 0 Å². The number of anilines is 1. The molecule has 1 aliphatic rings. The Morgan fingerprint density at radius 3 is 2.14 bits per heavy atom. The topological polar surface area (TPSA) is 87.7 Å². The number of hydrogen-bond acceptors (Lipinski definition) is 5. The van der Waals surface area contributed by atoms with E-state index in [9.17, 15) is 13.2 Å². The van der Waals surface area contributed by atoms with Gasteiger partial charge in [-0.25, -0.2) is 8.42 Å². The molecule has 37 heavy (non-hydrogen) atoms. The van der Waals surface area contributed by atoms with Gasteiger partial charge in [-0.05, 0) is 41.0 Å². The van der Waals surface area contributed by atoms with Crippen LogP contribution in [0.5, 0.6) is 5.75 Å². The molecule has 1 heterocycles. The summed E-state index contributed by atoms with van der Waals surface area (Å²) in [7, 11) is -3.75. The minimum atomic E-state index is -3.75. The number of amides is 1. The molecular weight excluding hydrogens is 486 g/mol. The Bertz CT molecular complexity index is 1460. The molecule has 0 fully saturated rings. The van der Waals surface area contributed by atoms with Crippen molar-refractivity contribution in [1.29, 1.82) is 0 Å².